The van der Waals surface area contributed by atoms with Gasteiger partial charge in [-0.25, -0.2) is 0 Å². The zero-order valence-electron chi connectivity index (χ0n) is 16.6. The van der Waals surface area contributed by atoms with Crippen molar-refractivity contribution in [1.82, 2.24) is 0 Å². The zero-order chi connectivity index (χ0) is 20.6. The Morgan fingerprint density at radius 1 is 0.567 bits per heavy atom. The van der Waals surface area contributed by atoms with Crippen molar-refractivity contribution in [1.29, 1.82) is 0 Å². The third-order valence-corrected chi connectivity index (χ3v) is 4.88. The van der Waals surface area contributed by atoms with E-state index in [0.29, 0.717) is 11.5 Å². The van der Waals surface area contributed by atoms with Gasteiger partial charge in [0.2, 0.25) is 0 Å². The Kier molecular flexibility index (Phi) is 6.43. The highest BCUT2D eigenvalue weighted by molar-refractivity contribution is 5.76. The molecule has 30 heavy (non-hydrogen) atoms. The summed E-state index contributed by atoms with van der Waals surface area (Å²) in [4.78, 5) is 0. The second-order valence-electron chi connectivity index (χ2n) is 6.97. The molecule has 0 radical (unpaired) electrons. The van der Waals surface area contributed by atoms with Gasteiger partial charge in [0.1, 0.15) is 18.1 Å². The summed E-state index contributed by atoms with van der Waals surface area (Å²) in [6.07, 6.45) is 0.409. The molecule has 0 saturated carbocycles. The molecule has 0 fully saturated rings. The third-order valence-electron chi connectivity index (χ3n) is 4.88. The fraction of sp³-hybridized carbons (Fsp3) is 0.111. The molecule has 0 bridgehead atoms. The van der Waals surface area contributed by atoms with Crippen molar-refractivity contribution in [3.8, 4) is 22.6 Å². The highest BCUT2D eigenvalue weighted by Crippen LogP contribution is 2.35. The number of ether oxygens (including phenoxy) is 2. The van der Waals surface area contributed by atoms with E-state index in [1.807, 2.05) is 60.7 Å². The summed E-state index contributed by atoms with van der Waals surface area (Å²) in [5, 5.41) is 9.20. The van der Waals surface area contributed by atoms with Crippen molar-refractivity contribution >= 4 is 0 Å². The summed E-state index contributed by atoms with van der Waals surface area (Å²) in [7, 11) is 0. The Labute approximate surface area is 177 Å². The molecule has 3 heteroatoms. The number of hydrogen-bond donors (Lipinski definition) is 1. The summed E-state index contributed by atoms with van der Waals surface area (Å²) in [5.41, 5.74) is 5.75. The number of para-hydroxylation sites is 2. The summed E-state index contributed by atoms with van der Waals surface area (Å²) < 4.78 is 11.0. The summed E-state index contributed by atoms with van der Waals surface area (Å²) in [5.74, 6) is 1.34. The molecule has 4 aromatic carbocycles. The molecule has 1 aliphatic carbocycles. The van der Waals surface area contributed by atoms with E-state index in [9.17, 15) is 5.11 Å². The quantitative estimate of drug-likeness (QED) is 0.386. The van der Waals surface area contributed by atoms with Gasteiger partial charge >= 0.3 is 0 Å². The van der Waals surface area contributed by atoms with Crippen LogP contribution in [0.5, 0.6) is 11.5 Å². The maximum absolute atomic E-state index is 9.20. The Balaban J connectivity index is 0.000000150. The lowest BCUT2D eigenvalue weighted by Gasteiger charge is -2.18. The average molecular weight is 396 g/mol. The van der Waals surface area contributed by atoms with Crippen LogP contribution in [-0.2, 0) is 6.42 Å². The number of hydrogen-bond acceptors (Lipinski definition) is 3. The minimum atomic E-state index is -0.695. The second kappa shape index (κ2) is 9.77. The molecular formula is C27H24O3. The predicted octanol–water partition coefficient (Wildman–Crippen LogP) is 5.72. The number of aliphatic hydroxyl groups excluding tert-OH is 1. The molecule has 4 aromatic rings. The molecule has 0 heterocycles. The maximum atomic E-state index is 9.20. The van der Waals surface area contributed by atoms with Crippen molar-refractivity contribution in [2.75, 3.05) is 6.61 Å². The van der Waals surface area contributed by atoms with Crippen molar-refractivity contribution in [3.63, 3.8) is 0 Å². The SMILES string of the molecule is OCC(Oc1ccccc1)Oc1ccccc1.c1ccc2c(c1)Cc1ccccc1-2. The molecule has 0 spiro atoms. The van der Waals surface area contributed by atoms with Crippen LogP contribution in [0.25, 0.3) is 11.1 Å². The molecule has 0 unspecified atom stereocenters. The summed E-state index contributed by atoms with van der Waals surface area (Å²) >= 11 is 0. The molecule has 0 atom stereocenters. The minimum Gasteiger partial charge on any atom is -0.452 e. The standard InChI is InChI=1S/C14H14O3.C13H10/c15-11-14(16-12-7-3-1-4-8-12)17-13-9-5-2-6-10-13;1-3-7-12-10(5-1)9-11-6-2-4-8-13(11)12/h1-10,14-15H,11H2;1-8H,9H2. The largest absolute Gasteiger partial charge is 0.452 e. The van der Waals surface area contributed by atoms with Crippen molar-refractivity contribution in [3.05, 3.63) is 120 Å². The Hall–Kier alpha value is -3.56. The van der Waals surface area contributed by atoms with Crippen LogP contribution in [0.15, 0.2) is 109 Å². The van der Waals surface area contributed by atoms with Gasteiger partial charge in [-0.3, -0.25) is 0 Å². The van der Waals surface area contributed by atoms with Crippen LogP contribution in [0.1, 0.15) is 11.1 Å². The van der Waals surface area contributed by atoms with Crippen molar-refractivity contribution in [2.24, 2.45) is 0 Å². The Morgan fingerprint density at radius 3 is 1.40 bits per heavy atom. The molecule has 0 amide bonds. The van der Waals surface area contributed by atoms with Gasteiger partial charge in [-0.2, -0.15) is 0 Å². The molecule has 1 N–H and O–H groups in total. The molecule has 1 aliphatic rings. The normalized spacial score (nSPS) is 11.1. The van der Waals surface area contributed by atoms with Gasteiger partial charge in [0.25, 0.3) is 6.29 Å². The third kappa shape index (κ3) is 4.88. The smallest absolute Gasteiger partial charge is 0.263 e. The number of aliphatic hydroxyl groups is 1. The van der Waals surface area contributed by atoms with E-state index in [4.69, 9.17) is 9.47 Å². The molecule has 150 valence electrons. The van der Waals surface area contributed by atoms with Gasteiger partial charge in [0, 0.05) is 0 Å². The Bertz CT molecular complexity index is 976. The van der Waals surface area contributed by atoms with Crippen molar-refractivity contribution in [2.45, 2.75) is 12.7 Å². The number of fused-ring (bicyclic) bond motifs is 3. The fourth-order valence-electron chi connectivity index (χ4n) is 3.48. The van der Waals surface area contributed by atoms with Crippen LogP contribution < -0.4 is 9.47 Å². The first-order valence-electron chi connectivity index (χ1n) is 10.0. The van der Waals surface area contributed by atoms with E-state index in [2.05, 4.69) is 48.5 Å². The first-order valence-corrected chi connectivity index (χ1v) is 10.0. The van der Waals surface area contributed by atoms with Gasteiger partial charge < -0.3 is 14.6 Å². The van der Waals surface area contributed by atoms with Gasteiger partial charge in [-0.05, 0) is 52.9 Å². The second-order valence-corrected chi connectivity index (χ2v) is 6.97. The maximum Gasteiger partial charge on any atom is 0.263 e. The number of rotatable bonds is 5. The molecule has 5 rings (SSSR count). The Morgan fingerprint density at radius 2 is 0.967 bits per heavy atom. The van der Waals surface area contributed by atoms with Crippen LogP contribution in [0, 0.1) is 0 Å². The molecule has 0 aliphatic heterocycles. The van der Waals surface area contributed by atoms with E-state index in [1.165, 1.54) is 22.3 Å². The van der Waals surface area contributed by atoms with Crippen LogP contribution in [0.2, 0.25) is 0 Å². The summed E-state index contributed by atoms with van der Waals surface area (Å²) in [6, 6.07) is 35.8. The van der Waals surface area contributed by atoms with Crippen molar-refractivity contribution < 1.29 is 14.6 Å². The highest BCUT2D eigenvalue weighted by atomic mass is 16.7. The summed E-state index contributed by atoms with van der Waals surface area (Å²) in [6.45, 7) is -0.205. The lowest BCUT2D eigenvalue weighted by Crippen LogP contribution is -2.27. The van der Waals surface area contributed by atoms with Crippen LogP contribution >= 0.6 is 0 Å². The van der Waals surface area contributed by atoms with Gasteiger partial charge in [-0.1, -0.05) is 84.9 Å². The van der Waals surface area contributed by atoms with E-state index in [1.54, 1.807) is 0 Å². The average Bonchev–Trinajstić information content (AvgIpc) is 3.19. The number of benzene rings is 4. The molecule has 0 saturated heterocycles. The molecular weight excluding hydrogens is 372 g/mol. The van der Waals surface area contributed by atoms with E-state index >= 15 is 0 Å². The van der Waals surface area contributed by atoms with Crippen LogP contribution in [-0.4, -0.2) is 18.0 Å². The van der Waals surface area contributed by atoms with E-state index < -0.39 is 6.29 Å². The zero-order valence-corrected chi connectivity index (χ0v) is 16.6. The first-order chi connectivity index (χ1) is 14.8. The lowest BCUT2D eigenvalue weighted by atomic mass is 10.1. The molecule has 3 nitrogen and oxygen atoms in total. The van der Waals surface area contributed by atoms with Gasteiger partial charge in [0.05, 0.1) is 0 Å². The molecule has 0 aromatic heterocycles. The monoisotopic (exact) mass is 396 g/mol. The van der Waals surface area contributed by atoms with Gasteiger partial charge in [-0.15, -0.1) is 0 Å². The van der Waals surface area contributed by atoms with Crippen LogP contribution in [0.3, 0.4) is 0 Å². The topological polar surface area (TPSA) is 38.7 Å². The van der Waals surface area contributed by atoms with E-state index in [0.717, 1.165) is 6.42 Å². The predicted molar refractivity (Wildman–Crippen MR) is 120 cm³/mol. The minimum absolute atomic E-state index is 0.205. The van der Waals surface area contributed by atoms with Crippen LogP contribution in [0.4, 0.5) is 0 Å². The fourth-order valence-corrected chi connectivity index (χ4v) is 3.48. The highest BCUT2D eigenvalue weighted by Gasteiger charge is 2.15. The lowest BCUT2D eigenvalue weighted by molar-refractivity contribution is -0.0350. The van der Waals surface area contributed by atoms with E-state index in [-0.39, 0.29) is 6.61 Å². The first kappa shape index (κ1) is 19.7. The van der Waals surface area contributed by atoms with Gasteiger partial charge in [0.15, 0.2) is 0 Å².